The number of anilines is 1. The minimum Gasteiger partial charge on any atom is -0.388 e. The van der Waals surface area contributed by atoms with Crippen molar-refractivity contribution in [2.75, 3.05) is 12.4 Å². The SMILES string of the molecule is CNc1ccc(Cl)cc1[C@H](N[S@](=O)C(C)(C)C)C(C)(C)C. The number of benzene rings is 1. The van der Waals surface area contributed by atoms with Gasteiger partial charge in [-0.2, -0.15) is 0 Å². The Morgan fingerprint density at radius 2 is 1.71 bits per heavy atom. The average Bonchev–Trinajstić information content (AvgIpc) is 2.32. The monoisotopic (exact) mass is 330 g/mol. The van der Waals surface area contributed by atoms with Crippen molar-refractivity contribution in [3.63, 3.8) is 0 Å². The third kappa shape index (κ3) is 4.97. The molecular weight excluding hydrogens is 304 g/mol. The molecule has 0 saturated heterocycles. The molecule has 0 aliphatic carbocycles. The van der Waals surface area contributed by atoms with Crippen molar-refractivity contribution in [2.45, 2.75) is 52.3 Å². The van der Waals surface area contributed by atoms with Crippen LogP contribution in [0, 0.1) is 5.41 Å². The van der Waals surface area contributed by atoms with Gasteiger partial charge in [-0.15, -0.1) is 0 Å². The van der Waals surface area contributed by atoms with Crippen LogP contribution in [0.3, 0.4) is 0 Å². The fourth-order valence-corrected chi connectivity index (χ4v) is 3.22. The van der Waals surface area contributed by atoms with Crippen LogP contribution in [0.5, 0.6) is 0 Å². The van der Waals surface area contributed by atoms with Crippen LogP contribution in [0.25, 0.3) is 0 Å². The van der Waals surface area contributed by atoms with E-state index in [1.165, 1.54) is 0 Å². The van der Waals surface area contributed by atoms with E-state index in [0.29, 0.717) is 5.02 Å². The van der Waals surface area contributed by atoms with Gasteiger partial charge in [0.15, 0.2) is 0 Å². The van der Waals surface area contributed by atoms with E-state index in [0.717, 1.165) is 11.3 Å². The number of halogens is 1. The van der Waals surface area contributed by atoms with Crippen LogP contribution in [-0.2, 0) is 11.0 Å². The quantitative estimate of drug-likeness (QED) is 0.852. The van der Waals surface area contributed by atoms with E-state index in [9.17, 15) is 4.21 Å². The highest BCUT2D eigenvalue weighted by Gasteiger charge is 2.32. The van der Waals surface area contributed by atoms with Crippen molar-refractivity contribution in [2.24, 2.45) is 5.41 Å². The molecule has 0 heterocycles. The maximum absolute atomic E-state index is 12.5. The summed E-state index contributed by atoms with van der Waals surface area (Å²) in [5.41, 5.74) is 1.94. The van der Waals surface area contributed by atoms with Crippen LogP contribution in [-0.4, -0.2) is 16.0 Å². The Morgan fingerprint density at radius 1 is 1.14 bits per heavy atom. The van der Waals surface area contributed by atoms with Crippen molar-refractivity contribution >= 4 is 28.3 Å². The van der Waals surface area contributed by atoms with Crippen molar-refractivity contribution < 1.29 is 4.21 Å². The third-order valence-corrected chi connectivity index (χ3v) is 5.04. The van der Waals surface area contributed by atoms with Gasteiger partial charge < -0.3 is 5.32 Å². The van der Waals surface area contributed by atoms with Crippen molar-refractivity contribution in [3.05, 3.63) is 28.8 Å². The summed E-state index contributed by atoms with van der Waals surface area (Å²) in [6, 6.07) is 5.68. The van der Waals surface area contributed by atoms with Gasteiger partial charge in [-0.1, -0.05) is 32.4 Å². The Kier molecular flexibility index (Phi) is 5.87. The molecule has 0 unspecified atom stereocenters. The summed E-state index contributed by atoms with van der Waals surface area (Å²) in [5, 5.41) is 3.87. The van der Waals surface area contributed by atoms with Crippen molar-refractivity contribution in [3.8, 4) is 0 Å². The second-order valence-electron chi connectivity index (χ2n) is 7.28. The van der Waals surface area contributed by atoms with Crippen LogP contribution < -0.4 is 10.0 Å². The van der Waals surface area contributed by atoms with Gasteiger partial charge in [0.1, 0.15) is 0 Å². The van der Waals surface area contributed by atoms with E-state index in [2.05, 4.69) is 30.8 Å². The van der Waals surface area contributed by atoms with Gasteiger partial charge in [0, 0.05) is 17.8 Å². The molecule has 1 aromatic carbocycles. The van der Waals surface area contributed by atoms with Gasteiger partial charge in [0.05, 0.1) is 21.8 Å². The summed E-state index contributed by atoms with van der Waals surface area (Å²) in [4.78, 5) is 0. The van der Waals surface area contributed by atoms with Gasteiger partial charge in [0.25, 0.3) is 0 Å². The molecule has 120 valence electrons. The Hall–Kier alpha value is -0.580. The minimum absolute atomic E-state index is 0.0706. The van der Waals surface area contributed by atoms with E-state index < -0.39 is 11.0 Å². The highest BCUT2D eigenvalue weighted by molar-refractivity contribution is 7.84. The minimum atomic E-state index is -1.15. The second kappa shape index (κ2) is 6.67. The molecule has 3 nitrogen and oxygen atoms in total. The summed E-state index contributed by atoms with van der Waals surface area (Å²) >= 11 is 6.16. The standard InChI is InChI=1S/C16H27ClN2OS/c1-15(2,3)14(19-21(20)16(4,5)6)12-10-11(17)8-9-13(12)18-7/h8-10,14,18-19H,1-7H3/t14-,21+/m0/s1. The zero-order chi connectivity index (χ0) is 16.4. The van der Waals surface area contributed by atoms with Gasteiger partial charge >= 0.3 is 0 Å². The maximum Gasteiger partial charge on any atom is 0.0976 e. The fourth-order valence-electron chi connectivity index (χ4n) is 1.99. The lowest BCUT2D eigenvalue weighted by Crippen LogP contribution is -2.40. The van der Waals surface area contributed by atoms with E-state index in [1.54, 1.807) is 0 Å². The molecule has 1 aromatic rings. The topological polar surface area (TPSA) is 41.1 Å². The predicted molar refractivity (Wildman–Crippen MR) is 94.2 cm³/mol. The molecule has 0 fully saturated rings. The molecule has 5 heteroatoms. The highest BCUT2D eigenvalue weighted by atomic mass is 35.5. The summed E-state index contributed by atoms with van der Waals surface area (Å²) in [7, 11) is 0.730. The van der Waals surface area contributed by atoms with Gasteiger partial charge in [-0.3, -0.25) is 0 Å². The fraction of sp³-hybridized carbons (Fsp3) is 0.625. The summed E-state index contributed by atoms with van der Waals surface area (Å²) in [6.07, 6.45) is 0. The molecule has 1 rings (SSSR count). The van der Waals surface area contributed by atoms with Crippen LogP contribution >= 0.6 is 11.6 Å². The Labute approximate surface area is 136 Å². The van der Waals surface area contributed by atoms with Crippen molar-refractivity contribution in [1.82, 2.24) is 4.72 Å². The van der Waals surface area contributed by atoms with Crippen LogP contribution in [0.4, 0.5) is 5.69 Å². The third-order valence-electron chi connectivity index (χ3n) is 3.24. The Bertz CT molecular complexity index is 518. The molecule has 21 heavy (non-hydrogen) atoms. The lowest BCUT2D eigenvalue weighted by molar-refractivity contribution is 0.307. The first-order valence-corrected chi connectivity index (χ1v) is 8.65. The lowest BCUT2D eigenvalue weighted by atomic mass is 9.82. The summed E-state index contributed by atoms with van der Waals surface area (Å²) < 4.78 is 15.5. The molecule has 0 aromatic heterocycles. The molecule has 0 radical (unpaired) electrons. The largest absolute Gasteiger partial charge is 0.388 e. The smallest absolute Gasteiger partial charge is 0.0976 e. The molecule has 0 bridgehead atoms. The van der Waals surface area contributed by atoms with Gasteiger partial charge in [-0.25, -0.2) is 8.93 Å². The van der Waals surface area contributed by atoms with Crippen LogP contribution in [0.15, 0.2) is 18.2 Å². The number of rotatable bonds is 4. The molecule has 0 saturated carbocycles. The summed E-state index contributed by atoms with van der Waals surface area (Å²) in [6.45, 7) is 12.3. The summed E-state index contributed by atoms with van der Waals surface area (Å²) in [5.74, 6) is 0. The maximum atomic E-state index is 12.5. The van der Waals surface area contributed by atoms with E-state index >= 15 is 0 Å². The number of hydrogen-bond acceptors (Lipinski definition) is 2. The first-order valence-electron chi connectivity index (χ1n) is 7.12. The van der Waals surface area contributed by atoms with Gasteiger partial charge in [-0.05, 0) is 49.9 Å². The normalized spacial score (nSPS) is 15.6. The van der Waals surface area contributed by atoms with Crippen LogP contribution in [0.1, 0.15) is 53.1 Å². The van der Waals surface area contributed by atoms with E-state index in [1.807, 2.05) is 46.0 Å². The number of hydrogen-bond donors (Lipinski definition) is 2. The first kappa shape index (κ1) is 18.5. The molecule has 0 spiro atoms. The molecule has 0 aliphatic rings. The number of nitrogens with one attached hydrogen (secondary N) is 2. The lowest BCUT2D eigenvalue weighted by Gasteiger charge is -2.35. The average molecular weight is 331 g/mol. The Balaban J connectivity index is 3.28. The van der Waals surface area contributed by atoms with Crippen LogP contribution in [0.2, 0.25) is 5.02 Å². The second-order valence-corrected chi connectivity index (χ2v) is 9.71. The van der Waals surface area contributed by atoms with E-state index in [-0.39, 0.29) is 16.2 Å². The molecule has 2 atom stereocenters. The first-order chi connectivity index (χ1) is 9.46. The predicted octanol–water partition coefficient (Wildman–Crippen LogP) is 4.52. The molecular formula is C16H27ClN2OS. The van der Waals surface area contributed by atoms with E-state index in [4.69, 9.17) is 11.6 Å². The molecule has 0 amide bonds. The highest BCUT2D eigenvalue weighted by Crippen LogP contribution is 2.38. The zero-order valence-corrected chi connectivity index (χ0v) is 15.6. The Morgan fingerprint density at radius 3 is 2.14 bits per heavy atom. The molecule has 0 aliphatic heterocycles. The van der Waals surface area contributed by atoms with Crippen molar-refractivity contribution in [1.29, 1.82) is 0 Å². The zero-order valence-electron chi connectivity index (χ0n) is 14.0. The molecule has 2 N–H and O–H groups in total. The van der Waals surface area contributed by atoms with Gasteiger partial charge in [0.2, 0.25) is 0 Å².